The molecule has 2 aromatic carbocycles. The largest absolute Gasteiger partial charge is 0.113 e. The van der Waals surface area contributed by atoms with E-state index in [2.05, 4.69) is 44.2 Å². The summed E-state index contributed by atoms with van der Waals surface area (Å²) in [6.45, 7) is 6.49. The van der Waals surface area contributed by atoms with Gasteiger partial charge in [-0.15, -0.1) is 11.6 Å². The number of alkyl halides is 1. The molecule has 0 radical (unpaired) electrons. The Bertz CT molecular complexity index is 550. The van der Waals surface area contributed by atoms with Crippen molar-refractivity contribution in [2.24, 2.45) is 5.92 Å². The van der Waals surface area contributed by atoms with Crippen LogP contribution in [0.2, 0.25) is 5.02 Å². The number of hydrogen-bond acceptors (Lipinski definition) is 0. The number of rotatable bonds is 4. The Morgan fingerprint density at radius 2 is 1.60 bits per heavy atom. The van der Waals surface area contributed by atoms with E-state index in [1.165, 1.54) is 5.56 Å². The van der Waals surface area contributed by atoms with E-state index >= 15 is 0 Å². The van der Waals surface area contributed by atoms with Crippen LogP contribution in [-0.2, 0) is 6.42 Å². The lowest BCUT2D eigenvalue weighted by Gasteiger charge is -2.13. The highest BCUT2D eigenvalue weighted by Crippen LogP contribution is 2.31. The van der Waals surface area contributed by atoms with Crippen LogP contribution in [0.4, 0.5) is 0 Å². The minimum Gasteiger partial charge on any atom is -0.113 e. The normalized spacial score (nSPS) is 12.7. The zero-order valence-electron chi connectivity index (χ0n) is 12.2. The van der Waals surface area contributed by atoms with Crippen LogP contribution in [0.1, 0.15) is 41.5 Å². The van der Waals surface area contributed by atoms with Crippen LogP contribution < -0.4 is 0 Å². The van der Waals surface area contributed by atoms with Crippen LogP contribution >= 0.6 is 23.2 Å². The maximum Gasteiger partial charge on any atom is 0.0836 e. The van der Waals surface area contributed by atoms with Crippen LogP contribution in [0.25, 0.3) is 0 Å². The van der Waals surface area contributed by atoms with E-state index in [1.54, 1.807) is 0 Å². The van der Waals surface area contributed by atoms with E-state index in [0.717, 1.165) is 28.1 Å². The molecule has 0 amide bonds. The standard InChI is InChI=1S/C18H20Cl2/c1-12(2)8-14-4-6-15(7-5-14)18(20)16-9-13(3)10-17(19)11-16/h4-7,9-12,18H,8H2,1-3H3. The number of halogens is 2. The van der Waals surface area contributed by atoms with Crippen molar-refractivity contribution in [1.29, 1.82) is 0 Å². The first kappa shape index (κ1) is 15.4. The van der Waals surface area contributed by atoms with Crippen molar-refractivity contribution in [2.45, 2.75) is 32.6 Å². The van der Waals surface area contributed by atoms with Crippen molar-refractivity contribution in [1.82, 2.24) is 0 Å². The van der Waals surface area contributed by atoms with Gasteiger partial charge in [-0.2, -0.15) is 0 Å². The second-order valence-corrected chi connectivity index (χ2v) is 6.64. The Kier molecular flexibility index (Phi) is 5.12. The quantitative estimate of drug-likeness (QED) is 0.592. The third kappa shape index (κ3) is 4.01. The average molecular weight is 307 g/mol. The maximum absolute atomic E-state index is 6.57. The van der Waals surface area contributed by atoms with Gasteiger partial charge in [-0.1, -0.05) is 55.8 Å². The molecule has 0 saturated carbocycles. The van der Waals surface area contributed by atoms with Crippen molar-refractivity contribution >= 4 is 23.2 Å². The van der Waals surface area contributed by atoms with Crippen LogP contribution in [0.3, 0.4) is 0 Å². The fourth-order valence-electron chi connectivity index (χ4n) is 2.40. The minimum atomic E-state index is -0.152. The molecule has 0 aromatic heterocycles. The molecule has 0 N–H and O–H groups in total. The third-order valence-electron chi connectivity index (χ3n) is 3.27. The third-order valence-corrected chi connectivity index (χ3v) is 4.00. The van der Waals surface area contributed by atoms with Crippen molar-refractivity contribution in [3.05, 3.63) is 69.7 Å². The van der Waals surface area contributed by atoms with Gasteiger partial charge in [0.05, 0.1) is 5.38 Å². The lowest BCUT2D eigenvalue weighted by atomic mass is 9.98. The predicted molar refractivity (Wildman–Crippen MR) is 88.9 cm³/mol. The average Bonchev–Trinajstić information content (AvgIpc) is 2.37. The Morgan fingerprint density at radius 3 is 2.15 bits per heavy atom. The Morgan fingerprint density at radius 1 is 0.950 bits per heavy atom. The molecule has 0 bridgehead atoms. The highest BCUT2D eigenvalue weighted by molar-refractivity contribution is 6.31. The number of benzene rings is 2. The summed E-state index contributed by atoms with van der Waals surface area (Å²) in [5, 5.41) is 0.586. The lowest BCUT2D eigenvalue weighted by Crippen LogP contribution is -1.97. The molecule has 0 nitrogen and oxygen atoms in total. The van der Waals surface area contributed by atoms with E-state index in [0.29, 0.717) is 5.92 Å². The second kappa shape index (κ2) is 6.65. The van der Waals surface area contributed by atoms with Gasteiger partial charge in [-0.25, -0.2) is 0 Å². The Balaban J connectivity index is 2.22. The summed E-state index contributed by atoms with van der Waals surface area (Å²) in [6.07, 6.45) is 1.10. The van der Waals surface area contributed by atoms with Gasteiger partial charge in [0, 0.05) is 5.02 Å². The van der Waals surface area contributed by atoms with Gasteiger partial charge in [0.25, 0.3) is 0 Å². The van der Waals surface area contributed by atoms with Crippen molar-refractivity contribution in [3.63, 3.8) is 0 Å². The van der Waals surface area contributed by atoms with E-state index < -0.39 is 0 Å². The van der Waals surface area contributed by atoms with E-state index in [-0.39, 0.29) is 5.38 Å². The van der Waals surface area contributed by atoms with Gasteiger partial charge in [0.15, 0.2) is 0 Å². The summed E-state index contributed by atoms with van der Waals surface area (Å²) in [4.78, 5) is 0. The van der Waals surface area contributed by atoms with Crippen LogP contribution in [0, 0.1) is 12.8 Å². The molecule has 1 atom stereocenters. The summed E-state index contributed by atoms with van der Waals surface area (Å²) in [6, 6.07) is 14.5. The monoisotopic (exact) mass is 306 g/mol. The van der Waals surface area contributed by atoms with Crippen LogP contribution in [0.15, 0.2) is 42.5 Å². The Hall–Kier alpha value is -0.980. The molecule has 20 heavy (non-hydrogen) atoms. The molecule has 0 aliphatic carbocycles. The molecule has 0 aliphatic rings. The summed E-state index contributed by atoms with van der Waals surface area (Å²) in [7, 11) is 0. The molecule has 0 spiro atoms. The first-order valence-electron chi connectivity index (χ1n) is 6.95. The summed E-state index contributed by atoms with van der Waals surface area (Å²) in [5.74, 6) is 0.670. The molecule has 2 aromatic rings. The SMILES string of the molecule is Cc1cc(Cl)cc(C(Cl)c2ccc(CC(C)C)cc2)c1. The second-order valence-electron chi connectivity index (χ2n) is 5.76. The topological polar surface area (TPSA) is 0 Å². The molecule has 1 unspecified atom stereocenters. The molecular weight excluding hydrogens is 287 g/mol. The van der Waals surface area contributed by atoms with Gasteiger partial charge < -0.3 is 0 Å². The van der Waals surface area contributed by atoms with E-state index in [4.69, 9.17) is 23.2 Å². The molecule has 2 rings (SSSR count). The first-order chi connectivity index (χ1) is 9.45. The fraction of sp³-hybridized carbons (Fsp3) is 0.333. The van der Waals surface area contributed by atoms with Crippen molar-refractivity contribution in [3.8, 4) is 0 Å². The zero-order valence-corrected chi connectivity index (χ0v) is 13.7. The van der Waals surface area contributed by atoms with Gasteiger partial charge >= 0.3 is 0 Å². The van der Waals surface area contributed by atoms with E-state index in [1.807, 2.05) is 19.1 Å². The predicted octanol–water partition coefficient (Wildman–Crippen LogP) is 6.18. The van der Waals surface area contributed by atoms with Gasteiger partial charge in [-0.3, -0.25) is 0 Å². The van der Waals surface area contributed by atoms with Gasteiger partial charge in [-0.05, 0) is 53.6 Å². The van der Waals surface area contributed by atoms with Gasteiger partial charge in [0.1, 0.15) is 0 Å². The van der Waals surface area contributed by atoms with Crippen molar-refractivity contribution < 1.29 is 0 Å². The smallest absolute Gasteiger partial charge is 0.0836 e. The number of hydrogen-bond donors (Lipinski definition) is 0. The zero-order chi connectivity index (χ0) is 14.7. The van der Waals surface area contributed by atoms with E-state index in [9.17, 15) is 0 Å². The van der Waals surface area contributed by atoms with Crippen LogP contribution in [0.5, 0.6) is 0 Å². The molecule has 0 aliphatic heterocycles. The highest BCUT2D eigenvalue weighted by atomic mass is 35.5. The number of aryl methyl sites for hydroxylation is 1. The summed E-state index contributed by atoms with van der Waals surface area (Å²) >= 11 is 12.7. The highest BCUT2D eigenvalue weighted by Gasteiger charge is 2.12. The first-order valence-corrected chi connectivity index (χ1v) is 7.77. The lowest BCUT2D eigenvalue weighted by molar-refractivity contribution is 0.647. The summed E-state index contributed by atoms with van der Waals surface area (Å²) in [5.41, 5.74) is 4.65. The minimum absolute atomic E-state index is 0.152. The fourth-order valence-corrected chi connectivity index (χ4v) is 2.97. The molecule has 0 heterocycles. The van der Waals surface area contributed by atoms with Crippen LogP contribution in [-0.4, -0.2) is 0 Å². The molecule has 0 saturated heterocycles. The summed E-state index contributed by atoms with van der Waals surface area (Å²) < 4.78 is 0. The Labute approximate surface area is 131 Å². The van der Waals surface area contributed by atoms with Gasteiger partial charge in [0.2, 0.25) is 0 Å². The molecule has 0 fully saturated rings. The van der Waals surface area contributed by atoms with Crippen molar-refractivity contribution in [2.75, 3.05) is 0 Å². The maximum atomic E-state index is 6.57. The molecular formula is C18H20Cl2. The molecule has 2 heteroatoms. The molecule has 106 valence electrons.